The van der Waals surface area contributed by atoms with E-state index in [0.717, 1.165) is 0 Å². The Labute approximate surface area is 125 Å². The summed E-state index contributed by atoms with van der Waals surface area (Å²) in [6, 6.07) is 0. The number of hydrogen-bond donors (Lipinski definition) is 2. The highest BCUT2D eigenvalue weighted by Gasteiger charge is 2.42. The molecule has 0 radical (unpaired) electrons. The van der Waals surface area contributed by atoms with E-state index >= 15 is 0 Å². The highest BCUT2D eigenvalue weighted by atomic mass is 16.7. The van der Waals surface area contributed by atoms with Crippen molar-refractivity contribution in [1.29, 1.82) is 0 Å². The molecule has 2 aliphatic rings. The van der Waals surface area contributed by atoms with Crippen LogP contribution in [0, 0.1) is 0 Å². The maximum absolute atomic E-state index is 9.96. The quantitative estimate of drug-likeness (QED) is 0.757. The zero-order valence-corrected chi connectivity index (χ0v) is 13.0. The summed E-state index contributed by atoms with van der Waals surface area (Å²) in [5.41, 5.74) is 0. The molecule has 0 spiro atoms. The summed E-state index contributed by atoms with van der Waals surface area (Å²) < 4.78 is 27.7. The first-order valence-corrected chi connectivity index (χ1v) is 7.34. The SMILES string of the molecule is CO[C@H]1C[C@H](O[C@@H]2[C@H](C)O[C@@H](O)C[C@@H]2OC)O[C@H](C)[C@H]1O. The van der Waals surface area contributed by atoms with Gasteiger partial charge in [0.25, 0.3) is 0 Å². The fraction of sp³-hybridized carbons (Fsp3) is 1.00. The molecule has 2 aliphatic heterocycles. The molecule has 7 heteroatoms. The van der Waals surface area contributed by atoms with E-state index in [1.807, 2.05) is 6.92 Å². The molecule has 0 aromatic carbocycles. The second-order valence-electron chi connectivity index (χ2n) is 5.68. The Morgan fingerprint density at radius 2 is 1.57 bits per heavy atom. The van der Waals surface area contributed by atoms with Gasteiger partial charge in [-0.1, -0.05) is 0 Å². The van der Waals surface area contributed by atoms with Crippen LogP contribution in [0.15, 0.2) is 0 Å². The second kappa shape index (κ2) is 7.32. The summed E-state index contributed by atoms with van der Waals surface area (Å²) >= 11 is 0. The van der Waals surface area contributed by atoms with Crippen molar-refractivity contribution in [2.45, 2.75) is 75.9 Å². The highest BCUT2D eigenvalue weighted by Crippen LogP contribution is 2.29. The van der Waals surface area contributed by atoms with E-state index in [2.05, 4.69) is 0 Å². The average molecular weight is 306 g/mol. The van der Waals surface area contributed by atoms with E-state index in [9.17, 15) is 10.2 Å². The third-order valence-electron chi connectivity index (χ3n) is 4.20. The minimum atomic E-state index is -0.843. The first-order chi connectivity index (χ1) is 9.96. The minimum absolute atomic E-state index is 0.268. The number of methoxy groups -OCH3 is 2. The standard InChI is InChI=1S/C14H26O7/c1-7-13(16)9(17-3)6-12(20-7)21-14-8(2)19-11(15)5-10(14)18-4/h7-16H,5-6H2,1-4H3/t7-,8+,9+,10+,11-,12+,13-,14-/m1/s1. The van der Waals surface area contributed by atoms with E-state index in [1.54, 1.807) is 21.1 Å². The third-order valence-corrected chi connectivity index (χ3v) is 4.20. The number of aliphatic hydroxyl groups is 2. The predicted molar refractivity (Wildman–Crippen MR) is 72.6 cm³/mol. The molecule has 0 unspecified atom stereocenters. The van der Waals surface area contributed by atoms with Crippen LogP contribution in [0.1, 0.15) is 26.7 Å². The van der Waals surface area contributed by atoms with Crippen molar-refractivity contribution in [3.8, 4) is 0 Å². The molecule has 2 saturated heterocycles. The molecular weight excluding hydrogens is 280 g/mol. The zero-order valence-electron chi connectivity index (χ0n) is 13.0. The summed E-state index contributed by atoms with van der Waals surface area (Å²) in [5.74, 6) is 0. The van der Waals surface area contributed by atoms with Gasteiger partial charge in [-0.05, 0) is 13.8 Å². The Morgan fingerprint density at radius 3 is 2.19 bits per heavy atom. The van der Waals surface area contributed by atoms with Gasteiger partial charge in [0.15, 0.2) is 12.6 Å². The van der Waals surface area contributed by atoms with Gasteiger partial charge in [0.2, 0.25) is 0 Å². The Bertz CT molecular complexity index is 326. The molecule has 2 heterocycles. The van der Waals surface area contributed by atoms with Gasteiger partial charge < -0.3 is 33.9 Å². The van der Waals surface area contributed by atoms with E-state index in [1.165, 1.54) is 0 Å². The van der Waals surface area contributed by atoms with Crippen molar-refractivity contribution in [2.24, 2.45) is 0 Å². The lowest BCUT2D eigenvalue weighted by Gasteiger charge is -2.42. The fourth-order valence-corrected chi connectivity index (χ4v) is 2.95. The van der Waals surface area contributed by atoms with Gasteiger partial charge in [-0.2, -0.15) is 0 Å². The van der Waals surface area contributed by atoms with Crippen LogP contribution in [0.25, 0.3) is 0 Å². The van der Waals surface area contributed by atoms with Crippen molar-refractivity contribution in [3.63, 3.8) is 0 Å². The van der Waals surface area contributed by atoms with Gasteiger partial charge in [-0.3, -0.25) is 0 Å². The van der Waals surface area contributed by atoms with Crippen molar-refractivity contribution < 1.29 is 33.9 Å². The largest absolute Gasteiger partial charge is 0.388 e. The average Bonchev–Trinajstić information content (AvgIpc) is 2.45. The lowest BCUT2D eigenvalue weighted by Crippen LogP contribution is -2.54. The second-order valence-corrected chi connectivity index (χ2v) is 5.68. The van der Waals surface area contributed by atoms with Crippen LogP contribution < -0.4 is 0 Å². The van der Waals surface area contributed by atoms with Crippen molar-refractivity contribution in [1.82, 2.24) is 0 Å². The molecular formula is C14H26O7. The van der Waals surface area contributed by atoms with Crippen molar-refractivity contribution in [2.75, 3.05) is 14.2 Å². The van der Waals surface area contributed by atoms with Crippen LogP contribution in [0.3, 0.4) is 0 Å². The van der Waals surface area contributed by atoms with E-state index in [0.29, 0.717) is 12.8 Å². The fourth-order valence-electron chi connectivity index (χ4n) is 2.95. The number of aliphatic hydroxyl groups excluding tert-OH is 2. The number of hydrogen-bond acceptors (Lipinski definition) is 7. The van der Waals surface area contributed by atoms with Crippen LogP contribution in [-0.4, -0.2) is 73.6 Å². The molecule has 2 fully saturated rings. The van der Waals surface area contributed by atoms with Gasteiger partial charge in [-0.25, -0.2) is 0 Å². The van der Waals surface area contributed by atoms with E-state index < -0.39 is 18.7 Å². The van der Waals surface area contributed by atoms with Gasteiger partial charge in [-0.15, -0.1) is 0 Å². The van der Waals surface area contributed by atoms with Crippen LogP contribution >= 0.6 is 0 Å². The summed E-state index contributed by atoms with van der Waals surface area (Å²) in [6.07, 6.45) is -2.86. The molecule has 0 saturated carbocycles. The molecule has 124 valence electrons. The first kappa shape index (κ1) is 17.1. The van der Waals surface area contributed by atoms with Gasteiger partial charge in [0, 0.05) is 27.1 Å². The van der Waals surface area contributed by atoms with E-state index in [4.69, 9.17) is 23.7 Å². The van der Waals surface area contributed by atoms with E-state index in [-0.39, 0.29) is 30.5 Å². The molecule has 0 aromatic heterocycles. The molecule has 0 amide bonds. The summed E-state index contributed by atoms with van der Waals surface area (Å²) in [4.78, 5) is 0. The first-order valence-electron chi connectivity index (χ1n) is 7.34. The molecule has 2 rings (SSSR count). The van der Waals surface area contributed by atoms with Gasteiger partial charge in [0.1, 0.15) is 12.2 Å². The van der Waals surface area contributed by atoms with Crippen LogP contribution in [0.5, 0.6) is 0 Å². The van der Waals surface area contributed by atoms with Crippen LogP contribution in [0.2, 0.25) is 0 Å². The number of ether oxygens (including phenoxy) is 5. The Hall–Kier alpha value is -0.280. The summed E-state index contributed by atoms with van der Waals surface area (Å²) in [7, 11) is 3.14. The molecule has 21 heavy (non-hydrogen) atoms. The lowest BCUT2D eigenvalue weighted by molar-refractivity contribution is -0.310. The third kappa shape index (κ3) is 3.92. The maximum atomic E-state index is 9.96. The summed E-state index contributed by atoms with van der Waals surface area (Å²) in [5, 5.41) is 19.6. The molecule has 0 bridgehead atoms. The molecule has 2 N–H and O–H groups in total. The monoisotopic (exact) mass is 306 g/mol. The maximum Gasteiger partial charge on any atom is 0.161 e. The van der Waals surface area contributed by atoms with Crippen molar-refractivity contribution >= 4 is 0 Å². The molecule has 8 atom stereocenters. The van der Waals surface area contributed by atoms with Crippen LogP contribution in [-0.2, 0) is 23.7 Å². The predicted octanol–water partition coefficient (Wildman–Crippen LogP) is 0.0246. The van der Waals surface area contributed by atoms with Gasteiger partial charge >= 0.3 is 0 Å². The normalized spacial score (nSPS) is 48.3. The minimum Gasteiger partial charge on any atom is -0.388 e. The van der Waals surface area contributed by atoms with Crippen molar-refractivity contribution in [3.05, 3.63) is 0 Å². The highest BCUT2D eigenvalue weighted by molar-refractivity contribution is 4.86. The molecule has 7 nitrogen and oxygen atoms in total. The summed E-state index contributed by atoms with van der Waals surface area (Å²) in [6.45, 7) is 3.61. The van der Waals surface area contributed by atoms with Gasteiger partial charge in [0.05, 0.1) is 24.4 Å². The lowest BCUT2D eigenvalue weighted by atomic mass is 10.0. The number of rotatable bonds is 4. The molecule has 0 aromatic rings. The molecule has 0 aliphatic carbocycles. The smallest absolute Gasteiger partial charge is 0.161 e. The zero-order chi connectivity index (χ0) is 15.6. The Balaban J connectivity index is 1.99. The Morgan fingerprint density at radius 1 is 0.905 bits per heavy atom. The van der Waals surface area contributed by atoms with Crippen LogP contribution in [0.4, 0.5) is 0 Å². The topological polar surface area (TPSA) is 86.6 Å². The Kier molecular flexibility index (Phi) is 5.96.